The van der Waals surface area contributed by atoms with Crippen LogP contribution in [0.25, 0.3) is 0 Å². The molecule has 90 valence electrons. The smallest absolute Gasteiger partial charge is 0.264 e. The van der Waals surface area contributed by atoms with Crippen molar-refractivity contribution in [1.82, 2.24) is 9.55 Å². The molecule has 1 N–H and O–H groups in total. The average Bonchev–Trinajstić information content (AvgIpc) is 2.52. The number of hydrogen-bond acceptors (Lipinski definition) is 3. The monoisotopic (exact) mass is 254 g/mol. The third-order valence-corrected chi connectivity index (χ3v) is 2.20. The fraction of sp³-hybridized carbons (Fsp3) is 0.625. The Morgan fingerprint density at radius 2 is 2.07 bits per heavy atom. The molecule has 1 aromatic heterocycles. The highest BCUT2D eigenvalue weighted by atomic mass is 32.2. The van der Waals surface area contributed by atoms with Gasteiger partial charge in [-0.25, -0.2) is 4.98 Å². The maximum Gasteiger partial charge on any atom is 0.264 e. The van der Waals surface area contributed by atoms with Gasteiger partial charge >= 0.3 is 0 Å². The van der Waals surface area contributed by atoms with Crippen molar-refractivity contribution >= 4 is 23.6 Å². The van der Waals surface area contributed by atoms with Crippen LogP contribution >= 0.6 is 13.5 Å². The molecule has 0 aliphatic heterocycles. The van der Waals surface area contributed by atoms with Crippen LogP contribution in [0.4, 0.5) is 0 Å². The molecule has 0 spiro atoms. The molecule has 0 radical (unpaired) electrons. The normalized spacial score (nSPS) is 9.80. The van der Waals surface area contributed by atoms with E-state index in [1.807, 2.05) is 24.7 Å². The third kappa shape index (κ3) is 13.5. The zero-order chi connectivity index (χ0) is 11.0. The Morgan fingerprint density at radius 1 is 1.47 bits per heavy atom. The van der Waals surface area contributed by atoms with Gasteiger partial charge in [0.15, 0.2) is 0 Å². The van der Waals surface area contributed by atoms with Crippen molar-refractivity contribution in [2.75, 3.05) is 5.75 Å². The van der Waals surface area contributed by atoms with Gasteiger partial charge < -0.3 is 4.57 Å². The summed E-state index contributed by atoms with van der Waals surface area (Å²) in [7, 11) is -1.75. The lowest BCUT2D eigenvalue weighted by molar-refractivity contribution is 0.480. The molecule has 1 heterocycles. The second kappa shape index (κ2) is 8.75. The van der Waals surface area contributed by atoms with E-state index in [1.54, 1.807) is 12.5 Å². The Bertz CT molecular complexity index is 322. The summed E-state index contributed by atoms with van der Waals surface area (Å²) >= 11 is 0. The highest BCUT2D eigenvalue weighted by Gasteiger charge is 2.00. The molecular weight excluding hydrogens is 236 g/mol. The van der Waals surface area contributed by atoms with Crippen molar-refractivity contribution in [3.05, 3.63) is 18.7 Å². The lowest BCUT2D eigenvalue weighted by Crippen LogP contribution is -2.02. The van der Waals surface area contributed by atoms with E-state index in [0.29, 0.717) is 6.42 Å². The molecular formula is C8H18N2O3S2. The zero-order valence-corrected chi connectivity index (χ0v) is 10.7. The second-order valence-electron chi connectivity index (χ2n) is 2.87. The van der Waals surface area contributed by atoms with Crippen LogP contribution in [0.1, 0.15) is 19.8 Å². The van der Waals surface area contributed by atoms with E-state index in [9.17, 15) is 8.42 Å². The summed E-state index contributed by atoms with van der Waals surface area (Å²) in [5.74, 6) is -0.108. The number of nitrogens with zero attached hydrogens (tertiary/aromatic N) is 2. The molecule has 0 saturated heterocycles. The second-order valence-corrected chi connectivity index (χ2v) is 4.44. The van der Waals surface area contributed by atoms with Gasteiger partial charge in [-0.15, -0.1) is 0 Å². The first kappa shape index (κ1) is 16.9. The summed E-state index contributed by atoms with van der Waals surface area (Å²) in [5.41, 5.74) is 0. The van der Waals surface area contributed by atoms with Crippen LogP contribution in [-0.4, -0.2) is 28.3 Å². The molecule has 0 aromatic carbocycles. The minimum Gasteiger partial charge on any atom is -0.341 e. The van der Waals surface area contributed by atoms with Crippen LogP contribution in [0.15, 0.2) is 18.7 Å². The predicted molar refractivity (Wildman–Crippen MR) is 64.9 cm³/mol. The molecule has 0 fully saturated rings. The molecule has 15 heavy (non-hydrogen) atoms. The van der Waals surface area contributed by atoms with Gasteiger partial charge in [0, 0.05) is 19.4 Å². The SMILES string of the molecule is CCCCS(=O)(=O)O.Cn1ccnc1.S. The third-order valence-electron chi connectivity index (χ3n) is 1.39. The average molecular weight is 254 g/mol. The van der Waals surface area contributed by atoms with E-state index in [1.165, 1.54) is 0 Å². The molecule has 0 aliphatic carbocycles. The first-order valence-electron chi connectivity index (χ1n) is 4.33. The largest absolute Gasteiger partial charge is 0.341 e. The maximum absolute atomic E-state index is 9.95. The summed E-state index contributed by atoms with van der Waals surface area (Å²) < 4.78 is 29.9. The molecule has 5 nitrogen and oxygen atoms in total. The van der Waals surface area contributed by atoms with Crippen LogP contribution in [0.3, 0.4) is 0 Å². The number of aryl methyl sites for hydroxylation is 1. The number of hydrogen-bond donors (Lipinski definition) is 1. The van der Waals surface area contributed by atoms with Crippen LogP contribution in [-0.2, 0) is 17.2 Å². The van der Waals surface area contributed by atoms with Crippen molar-refractivity contribution in [3.8, 4) is 0 Å². The highest BCUT2D eigenvalue weighted by molar-refractivity contribution is 7.85. The lowest BCUT2D eigenvalue weighted by Gasteiger charge is -1.90. The van der Waals surface area contributed by atoms with E-state index in [4.69, 9.17) is 4.55 Å². The van der Waals surface area contributed by atoms with Gasteiger partial charge in [-0.05, 0) is 6.42 Å². The predicted octanol–water partition coefficient (Wildman–Crippen LogP) is 1.21. The molecule has 7 heteroatoms. The topological polar surface area (TPSA) is 72.2 Å². The van der Waals surface area contributed by atoms with Gasteiger partial charge in [-0.1, -0.05) is 13.3 Å². The fourth-order valence-electron chi connectivity index (χ4n) is 0.653. The minimum absolute atomic E-state index is 0. The number of unbranched alkanes of at least 4 members (excludes halogenated alkanes) is 1. The molecule has 0 unspecified atom stereocenters. The van der Waals surface area contributed by atoms with Gasteiger partial charge in [0.05, 0.1) is 12.1 Å². The van der Waals surface area contributed by atoms with Crippen LogP contribution in [0.5, 0.6) is 0 Å². The minimum atomic E-state index is -3.69. The fourth-order valence-corrected chi connectivity index (χ4v) is 1.31. The molecule has 1 rings (SSSR count). The molecule has 1 aromatic rings. The van der Waals surface area contributed by atoms with Gasteiger partial charge in [0.2, 0.25) is 0 Å². The number of rotatable bonds is 3. The van der Waals surface area contributed by atoms with Crippen LogP contribution in [0, 0.1) is 0 Å². The van der Waals surface area contributed by atoms with E-state index in [2.05, 4.69) is 4.98 Å². The van der Waals surface area contributed by atoms with Crippen molar-refractivity contribution in [2.45, 2.75) is 19.8 Å². The van der Waals surface area contributed by atoms with E-state index in [-0.39, 0.29) is 19.2 Å². The first-order chi connectivity index (χ1) is 6.45. The summed E-state index contributed by atoms with van der Waals surface area (Å²) in [6, 6.07) is 0. The molecule has 0 amide bonds. The lowest BCUT2D eigenvalue weighted by atomic mass is 10.4. The Hall–Kier alpha value is -0.530. The zero-order valence-electron chi connectivity index (χ0n) is 8.92. The van der Waals surface area contributed by atoms with Crippen molar-refractivity contribution in [3.63, 3.8) is 0 Å². The summed E-state index contributed by atoms with van der Waals surface area (Å²) in [6.07, 6.45) is 6.72. The van der Waals surface area contributed by atoms with Gasteiger partial charge in [-0.2, -0.15) is 21.9 Å². The maximum atomic E-state index is 9.95. The quantitative estimate of drug-likeness (QED) is 0.823. The van der Waals surface area contributed by atoms with E-state index < -0.39 is 10.1 Å². The van der Waals surface area contributed by atoms with E-state index >= 15 is 0 Å². The summed E-state index contributed by atoms with van der Waals surface area (Å²) in [6.45, 7) is 1.87. The van der Waals surface area contributed by atoms with Crippen molar-refractivity contribution in [1.29, 1.82) is 0 Å². The first-order valence-corrected chi connectivity index (χ1v) is 5.93. The molecule has 0 saturated carbocycles. The Balaban J connectivity index is 0. The molecule has 0 aliphatic rings. The molecule has 0 atom stereocenters. The van der Waals surface area contributed by atoms with E-state index in [0.717, 1.165) is 6.42 Å². The number of aromatic nitrogens is 2. The molecule has 0 bridgehead atoms. The summed E-state index contributed by atoms with van der Waals surface area (Å²) in [4.78, 5) is 3.78. The van der Waals surface area contributed by atoms with Crippen LogP contribution < -0.4 is 0 Å². The Morgan fingerprint density at radius 3 is 2.20 bits per heavy atom. The highest BCUT2D eigenvalue weighted by Crippen LogP contribution is 1.90. The van der Waals surface area contributed by atoms with Gasteiger partial charge in [0.25, 0.3) is 10.1 Å². The van der Waals surface area contributed by atoms with Crippen LogP contribution in [0.2, 0.25) is 0 Å². The van der Waals surface area contributed by atoms with Gasteiger partial charge in [0.1, 0.15) is 0 Å². The van der Waals surface area contributed by atoms with Crippen molar-refractivity contribution in [2.24, 2.45) is 7.05 Å². The van der Waals surface area contributed by atoms with Gasteiger partial charge in [-0.3, -0.25) is 4.55 Å². The summed E-state index contributed by atoms with van der Waals surface area (Å²) in [5, 5.41) is 0. The Kier molecular flexibility index (Phi) is 9.85. The Labute approximate surface area is 97.7 Å². The standard InChI is InChI=1S/C4H6N2.C4H10O3S.H2S/c1-6-3-2-5-4-6;1-2-3-4-8(5,6)7;/h2-4H,1H3;2-4H2,1H3,(H,5,6,7);1H2. The number of imidazole rings is 1. The van der Waals surface area contributed by atoms with Crippen molar-refractivity contribution < 1.29 is 13.0 Å².